The summed E-state index contributed by atoms with van der Waals surface area (Å²) >= 11 is 5.53. The minimum Gasteiger partial charge on any atom is -0.258 e. The number of aryl methyl sites for hydroxylation is 1. The highest BCUT2D eigenvalue weighted by atomic mass is 35.5. The number of nitro benzene ring substituents is 1. The van der Waals surface area contributed by atoms with Gasteiger partial charge in [-0.3, -0.25) is 10.1 Å². The van der Waals surface area contributed by atoms with Crippen molar-refractivity contribution in [3.8, 4) is 0 Å². The van der Waals surface area contributed by atoms with Crippen LogP contribution in [0.5, 0.6) is 0 Å². The lowest BCUT2D eigenvalue weighted by Gasteiger charge is -1.97. The van der Waals surface area contributed by atoms with Gasteiger partial charge in [-0.1, -0.05) is 11.6 Å². The Balaban J connectivity index is 0. The Labute approximate surface area is 97.2 Å². The highest BCUT2D eigenvalue weighted by molar-refractivity contribution is 6.31. The average Bonchev–Trinajstić information content (AvgIpc) is 1.96. The largest absolute Gasteiger partial charge is 0.305 e. The molecular weight excluding hydrogens is 255 g/mol. The Kier molecular flexibility index (Phi) is 6.81. The summed E-state index contributed by atoms with van der Waals surface area (Å²) in [5, 5.41) is 10.4. The van der Waals surface area contributed by atoms with Crippen LogP contribution in [0.1, 0.15) is 5.56 Å². The van der Waals surface area contributed by atoms with Gasteiger partial charge >= 0.3 is 5.69 Å². The van der Waals surface area contributed by atoms with Crippen LogP contribution < -0.4 is 0 Å². The maximum absolute atomic E-state index is 12.8. The fourth-order valence-corrected chi connectivity index (χ4v) is 0.932. The molecule has 0 bridgehead atoms. The summed E-state index contributed by atoms with van der Waals surface area (Å²) in [7, 11) is 0. The van der Waals surface area contributed by atoms with Gasteiger partial charge in [0.15, 0.2) is 0 Å². The maximum atomic E-state index is 12.8. The van der Waals surface area contributed by atoms with Crippen molar-refractivity contribution in [2.75, 3.05) is 0 Å². The zero-order valence-electron chi connectivity index (χ0n) is 6.99. The van der Waals surface area contributed by atoms with Crippen molar-refractivity contribution in [1.29, 1.82) is 0 Å². The molecule has 0 aromatic heterocycles. The molecule has 80 valence electrons. The Bertz CT molecular complexity index is 346. The van der Waals surface area contributed by atoms with Crippen molar-refractivity contribution in [2.24, 2.45) is 0 Å². The van der Waals surface area contributed by atoms with Crippen LogP contribution in [0.3, 0.4) is 0 Å². The second kappa shape index (κ2) is 6.01. The van der Waals surface area contributed by atoms with E-state index in [1.54, 1.807) is 6.92 Å². The van der Waals surface area contributed by atoms with Gasteiger partial charge in [-0.25, -0.2) is 0 Å². The van der Waals surface area contributed by atoms with Crippen LogP contribution in [0.4, 0.5) is 10.1 Å². The van der Waals surface area contributed by atoms with Gasteiger partial charge in [-0.05, 0) is 18.6 Å². The van der Waals surface area contributed by atoms with Crippen LogP contribution in [-0.4, -0.2) is 4.92 Å². The first-order valence-electron chi connectivity index (χ1n) is 3.12. The number of hydrogen-bond donors (Lipinski definition) is 0. The predicted octanol–water partition coefficient (Wildman–Crippen LogP) is 3.54. The van der Waals surface area contributed by atoms with E-state index in [2.05, 4.69) is 0 Å². The minimum atomic E-state index is -0.907. The summed E-state index contributed by atoms with van der Waals surface area (Å²) in [6.45, 7) is 1.58. The highest BCUT2D eigenvalue weighted by Crippen LogP contribution is 2.24. The summed E-state index contributed by atoms with van der Waals surface area (Å²) in [6.07, 6.45) is 0. The number of rotatable bonds is 1. The molecule has 0 fully saturated rings. The van der Waals surface area contributed by atoms with E-state index >= 15 is 0 Å². The van der Waals surface area contributed by atoms with Crippen LogP contribution >= 0.6 is 36.4 Å². The average molecular weight is 262 g/mol. The van der Waals surface area contributed by atoms with E-state index in [0.29, 0.717) is 5.56 Å². The van der Waals surface area contributed by atoms with Gasteiger partial charge in [0.25, 0.3) is 0 Å². The molecule has 0 aliphatic carbocycles. The molecule has 0 amide bonds. The Morgan fingerprint density at radius 1 is 1.43 bits per heavy atom. The molecule has 0 unspecified atom stereocenters. The molecule has 0 aliphatic rings. The van der Waals surface area contributed by atoms with Crippen LogP contribution in [0, 0.1) is 22.9 Å². The molecule has 0 saturated carbocycles. The lowest BCUT2D eigenvalue weighted by atomic mass is 10.2. The monoisotopic (exact) mass is 261 g/mol. The van der Waals surface area contributed by atoms with E-state index in [-0.39, 0.29) is 29.8 Å². The second-order valence-corrected chi connectivity index (χ2v) is 2.72. The fraction of sp³-hybridized carbons (Fsp3) is 0.143. The second-order valence-electron chi connectivity index (χ2n) is 2.31. The van der Waals surface area contributed by atoms with E-state index < -0.39 is 16.4 Å². The fourth-order valence-electron chi connectivity index (χ4n) is 0.782. The number of halogens is 4. The minimum absolute atomic E-state index is 0. The molecular formula is C7H7Cl3FNO2. The van der Waals surface area contributed by atoms with Crippen molar-refractivity contribution in [3.05, 3.63) is 38.7 Å². The first-order valence-corrected chi connectivity index (χ1v) is 3.50. The number of nitro groups is 1. The quantitative estimate of drug-likeness (QED) is 0.574. The predicted molar refractivity (Wildman–Crippen MR) is 57.3 cm³/mol. The van der Waals surface area contributed by atoms with Crippen LogP contribution in [-0.2, 0) is 0 Å². The highest BCUT2D eigenvalue weighted by Gasteiger charge is 2.15. The standard InChI is InChI=1S/C7H5ClFNO2.2ClH/c1-4-2-7(10(11)12)6(9)3-5(4)8;;/h2-3H,1H3;2*1H. The van der Waals surface area contributed by atoms with Gasteiger partial charge in [0.1, 0.15) is 0 Å². The normalized spacial score (nSPS) is 8.50. The third-order valence-electron chi connectivity index (χ3n) is 1.42. The van der Waals surface area contributed by atoms with E-state index in [1.807, 2.05) is 0 Å². The third kappa shape index (κ3) is 3.29. The lowest BCUT2D eigenvalue weighted by Crippen LogP contribution is -1.93. The van der Waals surface area contributed by atoms with Crippen molar-refractivity contribution in [1.82, 2.24) is 0 Å². The molecule has 1 rings (SSSR count). The van der Waals surface area contributed by atoms with Crippen molar-refractivity contribution in [3.63, 3.8) is 0 Å². The van der Waals surface area contributed by atoms with Gasteiger partial charge in [0.2, 0.25) is 5.82 Å². The third-order valence-corrected chi connectivity index (χ3v) is 1.83. The Hall–Kier alpha value is -0.580. The van der Waals surface area contributed by atoms with Crippen molar-refractivity contribution >= 4 is 42.1 Å². The van der Waals surface area contributed by atoms with E-state index in [0.717, 1.165) is 12.1 Å². The van der Waals surface area contributed by atoms with E-state index in [9.17, 15) is 14.5 Å². The van der Waals surface area contributed by atoms with Crippen molar-refractivity contribution < 1.29 is 9.31 Å². The summed E-state index contributed by atoms with van der Waals surface area (Å²) in [6, 6.07) is 2.05. The smallest absolute Gasteiger partial charge is 0.258 e. The molecule has 0 saturated heterocycles. The van der Waals surface area contributed by atoms with Crippen molar-refractivity contribution in [2.45, 2.75) is 6.92 Å². The Morgan fingerprint density at radius 2 is 1.93 bits per heavy atom. The molecule has 1 aromatic carbocycles. The van der Waals surface area contributed by atoms with Crippen LogP contribution in [0.25, 0.3) is 0 Å². The molecule has 0 radical (unpaired) electrons. The SMILES string of the molecule is Cc1cc([N+](=O)[O-])c(F)cc1Cl.Cl.Cl. The summed E-state index contributed by atoms with van der Waals surface area (Å²) in [5.41, 5.74) is -0.0540. The summed E-state index contributed by atoms with van der Waals surface area (Å²) in [4.78, 5) is 9.43. The molecule has 0 heterocycles. The maximum Gasteiger partial charge on any atom is 0.305 e. The number of benzene rings is 1. The zero-order chi connectivity index (χ0) is 9.30. The first-order chi connectivity index (χ1) is 5.52. The van der Waals surface area contributed by atoms with Gasteiger partial charge in [-0.2, -0.15) is 4.39 Å². The molecule has 0 spiro atoms. The number of hydrogen-bond acceptors (Lipinski definition) is 2. The van der Waals surface area contributed by atoms with Crippen LogP contribution in [0.2, 0.25) is 5.02 Å². The van der Waals surface area contributed by atoms with Gasteiger partial charge < -0.3 is 0 Å². The topological polar surface area (TPSA) is 43.1 Å². The molecule has 0 aliphatic heterocycles. The van der Waals surface area contributed by atoms with E-state index in [4.69, 9.17) is 11.6 Å². The summed E-state index contributed by atoms with van der Waals surface area (Å²) in [5.74, 6) is -0.907. The molecule has 1 aromatic rings. The van der Waals surface area contributed by atoms with Gasteiger partial charge in [-0.15, -0.1) is 24.8 Å². The van der Waals surface area contributed by atoms with Gasteiger partial charge in [0.05, 0.1) is 4.92 Å². The molecule has 7 heteroatoms. The van der Waals surface area contributed by atoms with Crippen LogP contribution in [0.15, 0.2) is 12.1 Å². The molecule has 3 nitrogen and oxygen atoms in total. The number of nitrogens with zero attached hydrogens (tertiary/aromatic N) is 1. The Morgan fingerprint density at radius 3 is 2.36 bits per heavy atom. The van der Waals surface area contributed by atoms with E-state index in [1.165, 1.54) is 0 Å². The first kappa shape index (κ1) is 15.9. The molecule has 14 heavy (non-hydrogen) atoms. The molecule has 0 N–H and O–H groups in total. The zero-order valence-corrected chi connectivity index (χ0v) is 9.38. The van der Waals surface area contributed by atoms with Gasteiger partial charge in [0, 0.05) is 11.1 Å². The summed E-state index contributed by atoms with van der Waals surface area (Å²) < 4.78 is 12.8. The molecule has 0 atom stereocenters. The lowest BCUT2D eigenvalue weighted by molar-refractivity contribution is -0.387.